The Kier molecular flexibility index (Phi) is 6.22. The average Bonchev–Trinajstić information content (AvgIpc) is 2.69. The van der Waals surface area contributed by atoms with E-state index in [4.69, 9.17) is 23.2 Å². The molecule has 0 aliphatic rings. The molecule has 0 fully saturated rings. The molecule has 3 aromatic rings. The molecule has 0 saturated carbocycles. The Morgan fingerprint density at radius 2 is 1.52 bits per heavy atom. The number of amides is 1. The van der Waals surface area contributed by atoms with Gasteiger partial charge in [-0.1, -0.05) is 47.5 Å². The molecule has 27 heavy (non-hydrogen) atoms. The van der Waals surface area contributed by atoms with Crippen molar-refractivity contribution in [3.05, 3.63) is 93.5 Å². The maximum atomic E-state index is 13.0. The van der Waals surface area contributed by atoms with Gasteiger partial charge in [0.15, 0.2) is 5.78 Å². The predicted molar refractivity (Wildman–Crippen MR) is 113 cm³/mol. The fraction of sp³-hybridized carbons (Fsp3) is 0.0476. The minimum atomic E-state index is -0.309. The van der Waals surface area contributed by atoms with E-state index in [0.717, 1.165) is 4.90 Å². The summed E-state index contributed by atoms with van der Waals surface area (Å²) < 4.78 is 0. The lowest BCUT2D eigenvalue weighted by Gasteiger charge is -2.13. The van der Waals surface area contributed by atoms with Crippen molar-refractivity contribution in [3.63, 3.8) is 0 Å². The summed E-state index contributed by atoms with van der Waals surface area (Å²) in [5.74, 6) is -0.605. The predicted octanol–water partition coefficient (Wildman–Crippen LogP) is 6.20. The molecule has 3 nitrogen and oxygen atoms in total. The quantitative estimate of drug-likeness (QED) is 0.398. The monoisotopic (exact) mass is 415 g/mol. The number of rotatable bonds is 5. The summed E-state index contributed by atoms with van der Waals surface area (Å²) in [6, 6.07) is 18.8. The minimum absolute atomic E-state index is 0.283. The third-order valence-corrected chi connectivity index (χ3v) is 5.31. The second-order valence-corrected chi connectivity index (χ2v) is 7.34. The summed E-state index contributed by atoms with van der Waals surface area (Å²) in [6.45, 7) is 0. The van der Waals surface area contributed by atoms with Gasteiger partial charge in [-0.2, -0.15) is 0 Å². The van der Waals surface area contributed by atoms with Gasteiger partial charge in [0.05, 0.1) is 16.3 Å². The van der Waals surface area contributed by atoms with Gasteiger partial charge >= 0.3 is 0 Å². The number of carbonyl (C=O) groups excluding carboxylic acids is 2. The van der Waals surface area contributed by atoms with Gasteiger partial charge in [0.25, 0.3) is 5.91 Å². The normalized spacial score (nSPS) is 10.5. The van der Waals surface area contributed by atoms with Gasteiger partial charge in [-0.05, 0) is 48.7 Å². The van der Waals surface area contributed by atoms with E-state index in [-0.39, 0.29) is 17.3 Å². The SMILES string of the molecule is CSc1ccccc1C(=O)Nc1ccc(Cl)cc1C(=O)c1ccccc1Cl. The third kappa shape index (κ3) is 4.35. The standard InChI is InChI=1S/C21H15Cl2NO2S/c1-27-19-9-5-3-7-15(19)21(26)24-18-11-10-13(22)12-16(18)20(25)14-6-2-4-8-17(14)23/h2-12H,1H3,(H,24,26). The number of halogens is 2. The maximum absolute atomic E-state index is 13.0. The molecule has 0 atom stereocenters. The van der Waals surface area contributed by atoms with Gasteiger partial charge < -0.3 is 5.32 Å². The Balaban J connectivity index is 1.99. The molecule has 0 radical (unpaired) electrons. The molecule has 0 unspecified atom stereocenters. The van der Waals surface area contributed by atoms with Gasteiger partial charge in [-0.25, -0.2) is 0 Å². The summed E-state index contributed by atoms with van der Waals surface area (Å²) in [6.07, 6.45) is 1.90. The van der Waals surface area contributed by atoms with Crippen LogP contribution in [0.5, 0.6) is 0 Å². The van der Waals surface area contributed by atoms with Crippen LogP contribution in [0.15, 0.2) is 71.6 Å². The highest BCUT2D eigenvalue weighted by Gasteiger charge is 2.19. The molecule has 3 rings (SSSR count). The van der Waals surface area contributed by atoms with E-state index < -0.39 is 0 Å². The molecule has 136 valence electrons. The molecular formula is C21H15Cl2NO2S. The smallest absolute Gasteiger partial charge is 0.256 e. The molecular weight excluding hydrogens is 401 g/mol. The van der Waals surface area contributed by atoms with E-state index >= 15 is 0 Å². The van der Waals surface area contributed by atoms with E-state index in [0.29, 0.717) is 26.9 Å². The topological polar surface area (TPSA) is 46.2 Å². The van der Waals surface area contributed by atoms with E-state index in [1.54, 1.807) is 48.5 Å². The molecule has 1 N–H and O–H groups in total. The molecule has 0 saturated heterocycles. The number of ketones is 1. The van der Waals surface area contributed by atoms with Crippen LogP contribution in [0.25, 0.3) is 0 Å². The first-order chi connectivity index (χ1) is 13.0. The lowest BCUT2D eigenvalue weighted by atomic mass is 10.0. The number of benzene rings is 3. The Labute approximate surface area is 171 Å². The number of anilines is 1. The lowest BCUT2D eigenvalue weighted by Crippen LogP contribution is -2.16. The maximum Gasteiger partial charge on any atom is 0.256 e. The average molecular weight is 416 g/mol. The summed E-state index contributed by atoms with van der Waals surface area (Å²) in [4.78, 5) is 26.6. The zero-order chi connectivity index (χ0) is 19.4. The van der Waals surface area contributed by atoms with Crippen LogP contribution in [0.4, 0.5) is 5.69 Å². The Hall–Kier alpha value is -2.27. The van der Waals surface area contributed by atoms with Crippen LogP contribution in [0.3, 0.4) is 0 Å². The summed E-state index contributed by atoms with van der Waals surface area (Å²) in [5, 5.41) is 3.56. The molecule has 0 aliphatic heterocycles. The lowest BCUT2D eigenvalue weighted by molar-refractivity contribution is 0.102. The van der Waals surface area contributed by atoms with Crippen molar-refractivity contribution in [1.82, 2.24) is 0 Å². The van der Waals surface area contributed by atoms with Crippen molar-refractivity contribution < 1.29 is 9.59 Å². The number of carbonyl (C=O) groups is 2. The number of hydrogen-bond donors (Lipinski definition) is 1. The molecule has 1 amide bonds. The molecule has 0 spiro atoms. The minimum Gasteiger partial charge on any atom is -0.321 e. The highest BCUT2D eigenvalue weighted by atomic mass is 35.5. The van der Waals surface area contributed by atoms with Crippen LogP contribution in [-0.4, -0.2) is 17.9 Å². The summed E-state index contributed by atoms with van der Waals surface area (Å²) >= 11 is 13.7. The highest BCUT2D eigenvalue weighted by Crippen LogP contribution is 2.28. The van der Waals surface area contributed by atoms with Crippen LogP contribution in [0, 0.1) is 0 Å². The molecule has 3 aromatic carbocycles. The van der Waals surface area contributed by atoms with Crippen LogP contribution in [-0.2, 0) is 0 Å². The number of nitrogens with one attached hydrogen (secondary N) is 1. The van der Waals surface area contributed by atoms with Crippen LogP contribution in [0.2, 0.25) is 10.0 Å². The van der Waals surface area contributed by atoms with E-state index in [9.17, 15) is 9.59 Å². The largest absolute Gasteiger partial charge is 0.321 e. The Morgan fingerprint density at radius 3 is 2.22 bits per heavy atom. The fourth-order valence-corrected chi connectivity index (χ4v) is 3.61. The first-order valence-corrected chi connectivity index (χ1v) is 10.0. The molecule has 0 bridgehead atoms. The van der Waals surface area contributed by atoms with Crippen molar-refractivity contribution in [2.24, 2.45) is 0 Å². The summed E-state index contributed by atoms with van der Waals surface area (Å²) in [5.41, 5.74) is 1.55. The van der Waals surface area contributed by atoms with Crippen molar-refractivity contribution in [2.45, 2.75) is 4.90 Å². The van der Waals surface area contributed by atoms with Crippen molar-refractivity contribution >= 4 is 52.3 Å². The van der Waals surface area contributed by atoms with Gasteiger partial charge in [0.2, 0.25) is 0 Å². The van der Waals surface area contributed by atoms with Gasteiger partial charge in [0, 0.05) is 21.0 Å². The summed E-state index contributed by atoms with van der Waals surface area (Å²) in [7, 11) is 0. The van der Waals surface area contributed by atoms with E-state index in [1.165, 1.54) is 17.8 Å². The Morgan fingerprint density at radius 1 is 0.852 bits per heavy atom. The Bertz CT molecular complexity index is 1020. The first kappa shape index (κ1) is 19.5. The zero-order valence-corrected chi connectivity index (χ0v) is 16.7. The van der Waals surface area contributed by atoms with Gasteiger partial charge in [0.1, 0.15) is 0 Å². The van der Waals surface area contributed by atoms with Crippen molar-refractivity contribution in [3.8, 4) is 0 Å². The van der Waals surface area contributed by atoms with E-state index in [2.05, 4.69) is 5.32 Å². The second-order valence-electron chi connectivity index (χ2n) is 5.65. The van der Waals surface area contributed by atoms with Crippen LogP contribution >= 0.6 is 35.0 Å². The molecule has 0 heterocycles. The van der Waals surface area contributed by atoms with Crippen LogP contribution in [0.1, 0.15) is 26.3 Å². The molecule has 0 aromatic heterocycles. The van der Waals surface area contributed by atoms with Crippen LogP contribution < -0.4 is 5.32 Å². The third-order valence-electron chi connectivity index (χ3n) is 3.94. The van der Waals surface area contributed by atoms with Gasteiger partial charge in [-0.3, -0.25) is 9.59 Å². The number of thioether (sulfide) groups is 1. The van der Waals surface area contributed by atoms with Crippen molar-refractivity contribution in [2.75, 3.05) is 11.6 Å². The molecule has 6 heteroatoms. The van der Waals surface area contributed by atoms with Gasteiger partial charge in [-0.15, -0.1) is 11.8 Å². The zero-order valence-electron chi connectivity index (χ0n) is 14.3. The second kappa shape index (κ2) is 8.61. The van der Waals surface area contributed by atoms with E-state index in [1.807, 2.05) is 18.4 Å². The molecule has 0 aliphatic carbocycles. The first-order valence-electron chi connectivity index (χ1n) is 8.04. The number of hydrogen-bond acceptors (Lipinski definition) is 3. The fourth-order valence-electron chi connectivity index (χ4n) is 2.63. The van der Waals surface area contributed by atoms with Crippen molar-refractivity contribution in [1.29, 1.82) is 0 Å². The highest BCUT2D eigenvalue weighted by molar-refractivity contribution is 7.98.